The van der Waals surface area contributed by atoms with E-state index < -0.39 is 7.14 Å². The maximum absolute atomic E-state index is 15.8. The zero-order valence-corrected chi connectivity index (χ0v) is 47.5. The number of hydrogen-bond acceptors (Lipinski definition) is 3. The second-order valence-corrected chi connectivity index (χ2v) is 24.9. The molecule has 0 radical (unpaired) electrons. The molecule has 0 unspecified atom stereocenters. The lowest BCUT2D eigenvalue weighted by Gasteiger charge is -2.22. The number of nitrogens with zero attached hydrogens (tertiary/aromatic N) is 2. The molecule has 0 atom stereocenters. The van der Waals surface area contributed by atoms with Crippen molar-refractivity contribution in [2.45, 2.75) is 0 Å². The van der Waals surface area contributed by atoms with Gasteiger partial charge in [0.2, 0.25) is 0 Å². The molecule has 2 heterocycles. The lowest BCUT2D eigenvalue weighted by atomic mass is 9.89. The summed E-state index contributed by atoms with van der Waals surface area (Å²) in [6, 6.07) is 106. The van der Waals surface area contributed by atoms with Gasteiger partial charge in [0.25, 0.3) is 0 Å². The lowest BCUT2D eigenvalue weighted by molar-refractivity contribution is 0.592. The molecule has 0 N–H and O–H groups in total. The fourth-order valence-corrected chi connectivity index (χ4v) is 15.6. The van der Waals surface area contributed by atoms with E-state index in [4.69, 9.17) is 9.97 Å². The Bertz CT molecular complexity index is 5050. The second kappa shape index (κ2) is 20.9. The van der Waals surface area contributed by atoms with Crippen LogP contribution in [0.3, 0.4) is 0 Å². The molecule has 390 valence electrons. The fourth-order valence-electron chi connectivity index (χ4n) is 12.4. The number of halogens is 1. The maximum atomic E-state index is 15.8. The van der Waals surface area contributed by atoms with E-state index in [-0.39, 0.29) is 0 Å². The van der Waals surface area contributed by atoms with E-state index in [0.29, 0.717) is 0 Å². The summed E-state index contributed by atoms with van der Waals surface area (Å²) in [4.78, 5) is 10.2. The van der Waals surface area contributed by atoms with Crippen molar-refractivity contribution in [1.29, 1.82) is 0 Å². The summed E-state index contributed by atoms with van der Waals surface area (Å²) in [5, 5.41) is 17.6. The van der Waals surface area contributed by atoms with Gasteiger partial charge in [-0.05, 0) is 148 Å². The van der Waals surface area contributed by atoms with E-state index in [2.05, 4.69) is 228 Å². The molecule has 0 aliphatic carbocycles. The third-order valence-corrected chi connectivity index (χ3v) is 19.8. The molecule has 0 aliphatic rings. The summed E-state index contributed by atoms with van der Waals surface area (Å²) in [5.74, 6) is 0. The highest BCUT2D eigenvalue weighted by Crippen LogP contribution is 2.47. The average molecular weight is 1140 g/mol. The van der Waals surface area contributed by atoms with Crippen molar-refractivity contribution >= 4 is 104 Å². The standard InChI is InChI=1S/C45H30NOP.C33H20BrN/c47-48(37-16-6-2-7-17-37,38-18-8-3-9-19-38)39-29-35(28-36(30-39)43-21-11-20-42(46-43)31-12-4-1-5-13-31)40-26-24-34-23-22-32-14-10-15-33-25-27-41(40)45(34)44(32)33;34-27-19-25(18-26(20-27)31-11-5-10-30(35-31)21-6-2-1-3-7-21)28-16-14-24-13-12-22-8-4-9-23-15-17-29(28)33(24)32(22)23/h1-30H;1-20H. The molecule has 0 bridgehead atoms. The van der Waals surface area contributed by atoms with Gasteiger partial charge in [0.05, 0.1) is 22.8 Å². The largest absolute Gasteiger partial charge is 0.309 e. The SMILES string of the molecule is Brc1cc(-c2cccc(-c3ccccc3)n2)cc(-c2ccc3ccc4cccc5ccc2c3c45)c1.O=P(c1ccccc1)(c1ccccc1)c1cc(-c2cccc(-c3ccccc3)n2)cc(-c2ccc3ccc4cccc5ccc2c3c45)c1. The van der Waals surface area contributed by atoms with Crippen LogP contribution in [-0.2, 0) is 4.57 Å². The summed E-state index contributed by atoms with van der Waals surface area (Å²) < 4.78 is 16.8. The summed E-state index contributed by atoms with van der Waals surface area (Å²) in [6.07, 6.45) is 0. The van der Waals surface area contributed by atoms with E-state index in [1.165, 1.54) is 75.8 Å². The molecule has 0 aliphatic heterocycles. The highest BCUT2D eigenvalue weighted by atomic mass is 79.9. The van der Waals surface area contributed by atoms with Crippen molar-refractivity contribution in [1.82, 2.24) is 9.97 Å². The Kier molecular flexibility index (Phi) is 12.6. The quantitative estimate of drug-likeness (QED) is 0.107. The van der Waals surface area contributed by atoms with Gasteiger partial charge in [0.1, 0.15) is 0 Å². The Labute approximate surface area is 490 Å². The predicted octanol–water partition coefficient (Wildman–Crippen LogP) is 20.4. The van der Waals surface area contributed by atoms with Crippen molar-refractivity contribution in [3.05, 3.63) is 308 Å². The molecule has 3 nitrogen and oxygen atoms in total. The molecule has 0 fully saturated rings. The van der Waals surface area contributed by atoms with E-state index in [1.807, 2.05) is 91.0 Å². The van der Waals surface area contributed by atoms with Gasteiger partial charge in [-0.2, -0.15) is 0 Å². The first kappa shape index (κ1) is 50.2. The number of aromatic nitrogens is 2. The van der Waals surface area contributed by atoms with Gasteiger partial charge in [0.15, 0.2) is 7.14 Å². The molecular formula is C78H50BrN2OP. The van der Waals surface area contributed by atoms with Gasteiger partial charge < -0.3 is 4.57 Å². The Hall–Kier alpha value is -9.83. The van der Waals surface area contributed by atoms with Crippen LogP contribution in [0.25, 0.3) is 132 Å². The highest BCUT2D eigenvalue weighted by molar-refractivity contribution is 9.10. The second-order valence-electron chi connectivity index (χ2n) is 21.3. The number of hydrogen-bond donors (Lipinski definition) is 0. The van der Waals surface area contributed by atoms with Gasteiger partial charge >= 0.3 is 0 Å². The Balaban J connectivity index is 0.000000149. The van der Waals surface area contributed by atoms with E-state index in [1.54, 1.807) is 0 Å². The van der Waals surface area contributed by atoms with Gasteiger partial charge in [-0.1, -0.05) is 259 Å². The van der Waals surface area contributed by atoms with Crippen LogP contribution in [0.1, 0.15) is 0 Å². The molecule has 16 rings (SSSR count). The highest BCUT2D eigenvalue weighted by Gasteiger charge is 2.31. The van der Waals surface area contributed by atoms with Crippen LogP contribution in [0.2, 0.25) is 0 Å². The molecule has 0 saturated carbocycles. The van der Waals surface area contributed by atoms with Crippen LogP contribution in [0.15, 0.2) is 308 Å². The molecule has 0 amide bonds. The van der Waals surface area contributed by atoms with Crippen molar-refractivity contribution < 1.29 is 4.57 Å². The fraction of sp³-hybridized carbons (Fsp3) is 0. The molecule has 16 aromatic rings. The third-order valence-electron chi connectivity index (χ3n) is 16.3. The van der Waals surface area contributed by atoms with Crippen molar-refractivity contribution in [2.75, 3.05) is 0 Å². The first-order valence-corrected chi connectivity index (χ1v) is 30.5. The number of rotatable bonds is 9. The maximum Gasteiger partial charge on any atom is 0.171 e. The minimum Gasteiger partial charge on any atom is -0.309 e. The molecule has 83 heavy (non-hydrogen) atoms. The van der Waals surface area contributed by atoms with Gasteiger partial charge in [-0.15, -0.1) is 0 Å². The van der Waals surface area contributed by atoms with E-state index in [9.17, 15) is 0 Å². The number of pyridine rings is 2. The van der Waals surface area contributed by atoms with Crippen LogP contribution in [-0.4, -0.2) is 9.97 Å². The Morgan fingerprint density at radius 1 is 0.253 bits per heavy atom. The number of benzene rings is 14. The first-order valence-electron chi connectivity index (χ1n) is 28.0. The molecule has 14 aromatic carbocycles. The van der Waals surface area contributed by atoms with Crippen LogP contribution in [0.4, 0.5) is 0 Å². The summed E-state index contributed by atoms with van der Waals surface area (Å²) in [6.45, 7) is 0. The minimum atomic E-state index is -3.29. The average Bonchev–Trinajstić information content (AvgIpc) is 3.68. The van der Waals surface area contributed by atoms with Crippen LogP contribution in [0.5, 0.6) is 0 Å². The van der Waals surface area contributed by atoms with E-state index in [0.717, 1.165) is 76.5 Å². The molecule has 0 saturated heterocycles. The lowest BCUT2D eigenvalue weighted by Crippen LogP contribution is -2.25. The summed E-state index contributed by atoms with van der Waals surface area (Å²) >= 11 is 3.77. The predicted molar refractivity (Wildman–Crippen MR) is 356 cm³/mol. The topological polar surface area (TPSA) is 42.9 Å². The van der Waals surface area contributed by atoms with Crippen LogP contribution < -0.4 is 15.9 Å². The van der Waals surface area contributed by atoms with Gasteiger partial charge in [0, 0.05) is 42.6 Å². The third kappa shape index (κ3) is 9.05. The smallest absolute Gasteiger partial charge is 0.171 e. The molecule has 0 spiro atoms. The van der Waals surface area contributed by atoms with Crippen molar-refractivity contribution in [3.8, 4) is 67.3 Å². The van der Waals surface area contributed by atoms with E-state index >= 15 is 4.57 Å². The Morgan fingerprint density at radius 3 is 1.02 bits per heavy atom. The van der Waals surface area contributed by atoms with Gasteiger partial charge in [-0.25, -0.2) is 9.97 Å². The zero-order chi connectivity index (χ0) is 55.4. The molecule has 2 aromatic heterocycles. The van der Waals surface area contributed by atoms with Crippen molar-refractivity contribution in [3.63, 3.8) is 0 Å². The zero-order valence-electron chi connectivity index (χ0n) is 45.0. The monoisotopic (exact) mass is 1140 g/mol. The van der Waals surface area contributed by atoms with Crippen LogP contribution >= 0.6 is 23.1 Å². The molecular weight excluding hydrogens is 1090 g/mol. The normalized spacial score (nSPS) is 11.7. The van der Waals surface area contributed by atoms with Crippen molar-refractivity contribution in [2.24, 2.45) is 0 Å². The first-order chi connectivity index (χ1) is 40.9. The summed E-state index contributed by atoms with van der Waals surface area (Å²) in [5.41, 5.74) is 12.4. The molecule has 5 heteroatoms. The van der Waals surface area contributed by atoms with Gasteiger partial charge in [-0.3, -0.25) is 0 Å². The van der Waals surface area contributed by atoms with Crippen LogP contribution in [0, 0.1) is 0 Å². The summed E-state index contributed by atoms with van der Waals surface area (Å²) in [7, 11) is -3.29. The Morgan fingerprint density at radius 2 is 0.578 bits per heavy atom. The minimum absolute atomic E-state index is 0.782.